The van der Waals surface area contributed by atoms with Gasteiger partial charge >= 0.3 is 6.09 Å². The van der Waals surface area contributed by atoms with Crippen LogP contribution in [0.1, 0.15) is 50.8 Å². The van der Waals surface area contributed by atoms with Gasteiger partial charge in [-0.1, -0.05) is 6.07 Å². The average Bonchev–Trinajstić information content (AvgIpc) is 3.22. The van der Waals surface area contributed by atoms with Crippen molar-refractivity contribution in [2.75, 3.05) is 13.3 Å². The summed E-state index contributed by atoms with van der Waals surface area (Å²) >= 11 is 0. The van der Waals surface area contributed by atoms with E-state index < -0.39 is 5.60 Å². The van der Waals surface area contributed by atoms with Crippen molar-refractivity contribution in [2.45, 2.75) is 58.0 Å². The minimum atomic E-state index is -0.503. The van der Waals surface area contributed by atoms with Crippen molar-refractivity contribution in [3.05, 3.63) is 23.3 Å². The molecule has 1 saturated heterocycles. The van der Waals surface area contributed by atoms with E-state index in [-0.39, 0.29) is 25.0 Å². The predicted molar refractivity (Wildman–Crippen MR) is 86.1 cm³/mol. The van der Waals surface area contributed by atoms with E-state index in [0.29, 0.717) is 13.2 Å². The number of likely N-dealkylation sites (tertiary alicyclic amines) is 1. The highest BCUT2D eigenvalue weighted by Gasteiger charge is 2.43. The normalized spacial score (nSPS) is 25.0. The fourth-order valence-corrected chi connectivity index (χ4v) is 3.69. The molecule has 24 heavy (non-hydrogen) atoms. The molecule has 4 rings (SSSR count). The van der Waals surface area contributed by atoms with Crippen LogP contribution in [0.15, 0.2) is 12.1 Å². The first-order chi connectivity index (χ1) is 11.4. The highest BCUT2D eigenvalue weighted by molar-refractivity contribution is 5.69. The molecule has 6 heteroatoms. The van der Waals surface area contributed by atoms with E-state index in [0.717, 1.165) is 35.5 Å². The number of ether oxygens (including phenoxy) is 4. The van der Waals surface area contributed by atoms with Gasteiger partial charge in [0, 0.05) is 12.1 Å². The quantitative estimate of drug-likeness (QED) is 0.788. The number of hydrogen-bond donors (Lipinski definition) is 0. The summed E-state index contributed by atoms with van der Waals surface area (Å²) in [6.45, 7) is 7.12. The van der Waals surface area contributed by atoms with Crippen LogP contribution in [0, 0.1) is 0 Å². The number of rotatable bonds is 1. The molecule has 0 saturated carbocycles. The Morgan fingerprint density at radius 1 is 1.29 bits per heavy atom. The van der Waals surface area contributed by atoms with Gasteiger partial charge in [-0.3, -0.25) is 0 Å². The van der Waals surface area contributed by atoms with Crippen LogP contribution in [0.2, 0.25) is 0 Å². The highest BCUT2D eigenvalue weighted by atomic mass is 16.7. The lowest BCUT2D eigenvalue weighted by Crippen LogP contribution is -2.42. The monoisotopic (exact) mass is 333 g/mol. The topological polar surface area (TPSA) is 57.2 Å². The van der Waals surface area contributed by atoms with Gasteiger partial charge in [0.05, 0.1) is 12.6 Å². The first-order valence-electron chi connectivity index (χ1n) is 8.46. The van der Waals surface area contributed by atoms with Gasteiger partial charge in [0.1, 0.15) is 11.7 Å². The molecule has 1 aromatic rings. The second kappa shape index (κ2) is 5.55. The van der Waals surface area contributed by atoms with Crippen LogP contribution in [-0.4, -0.2) is 36.0 Å². The summed E-state index contributed by atoms with van der Waals surface area (Å²) in [6, 6.07) is 3.92. The van der Waals surface area contributed by atoms with E-state index in [1.807, 2.05) is 32.9 Å². The van der Waals surface area contributed by atoms with Crippen molar-refractivity contribution in [1.82, 2.24) is 4.90 Å². The molecule has 1 amide bonds. The van der Waals surface area contributed by atoms with Gasteiger partial charge in [0.15, 0.2) is 11.5 Å². The number of carbonyl (C=O) groups excluding carboxylic acids is 1. The summed E-state index contributed by atoms with van der Waals surface area (Å²) in [7, 11) is 0. The lowest BCUT2D eigenvalue weighted by molar-refractivity contribution is -0.0156. The van der Waals surface area contributed by atoms with Gasteiger partial charge in [-0.15, -0.1) is 0 Å². The Morgan fingerprint density at radius 3 is 2.92 bits per heavy atom. The zero-order valence-electron chi connectivity index (χ0n) is 14.3. The SMILES string of the molecule is CC(C)(C)OC(=O)N1CCC[C@H]1C1OCc2ccc3c(c21)OCO3. The van der Waals surface area contributed by atoms with E-state index in [4.69, 9.17) is 18.9 Å². The Balaban J connectivity index is 1.62. The summed E-state index contributed by atoms with van der Waals surface area (Å²) in [6.07, 6.45) is 1.39. The van der Waals surface area contributed by atoms with E-state index in [1.165, 1.54) is 0 Å². The minimum absolute atomic E-state index is 0.0307. The lowest BCUT2D eigenvalue weighted by atomic mass is 9.97. The third-order valence-corrected chi connectivity index (χ3v) is 4.65. The van der Waals surface area contributed by atoms with Crippen molar-refractivity contribution in [1.29, 1.82) is 0 Å². The van der Waals surface area contributed by atoms with Crippen LogP contribution in [-0.2, 0) is 16.1 Å². The zero-order chi connectivity index (χ0) is 16.9. The summed E-state index contributed by atoms with van der Waals surface area (Å²) in [4.78, 5) is 14.4. The largest absolute Gasteiger partial charge is 0.454 e. The molecule has 3 aliphatic heterocycles. The summed E-state index contributed by atoms with van der Waals surface area (Å²) in [5.41, 5.74) is 1.64. The molecule has 0 bridgehead atoms. The van der Waals surface area contributed by atoms with Crippen molar-refractivity contribution in [2.24, 2.45) is 0 Å². The smallest absolute Gasteiger partial charge is 0.410 e. The van der Waals surface area contributed by atoms with Gasteiger partial charge in [0.2, 0.25) is 6.79 Å². The second-order valence-electron chi connectivity index (χ2n) is 7.49. The van der Waals surface area contributed by atoms with Crippen molar-refractivity contribution >= 4 is 6.09 Å². The molecule has 3 heterocycles. The van der Waals surface area contributed by atoms with Crippen LogP contribution in [0.5, 0.6) is 11.5 Å². The number of carbonyl (C=O) groups is 1. The zero-order valence-corrected chi connectivity index (χ0v) is 14.3. The number of benzene rings is 1. The van der Waals surface area contributed by atoms with Crippen LogP contribution in [0.4, 0.5) is 4.79 Å². The van der Waals surface area contributed by atoms with Gasteiger partial charge in [-0.2, -0.15) is 0 Å². The third kappa shape index (κ3) is 2.59. The summed E-state index contributed by atoms with van der Waals surface area (Å²) < 4.78 is 22.8. The van der Waals surface area contributed by atoms with Crippen molar-refractivity contribution in [3.8, 4) is 11.5 Å². The number of amides is 1. The standard InChI is InChI=1S/C18H23NO5/c1-18(2,3)24-17(20)19-8-4-5-12(19)15-14-11(9-21-15)6-7-13-16(14)23-10-22-13/h6-7,12,15H,4-5,8-10H2,1-3H3/t12-,15?/m0/s1. The first kappa shape index (κ1) is 15.6. The molecule has 1 fully saturated rings. The van der Waals surface area contributed by atoms with Crippen LogP contribution in [0.3, 0.4) is 0 Å². The molecule has 0 radical (unpaired) electrons. The third-order valence-electron chi connectivity index (χ3n) is 4.65. The fraction of sp³-hybridized carbons (Fsp3) is 0.611. The number of hydrogen-bond acceptors (Lipinski definition) is 5. The predicted octanol–water partition coefficient (Wildman–Crippen LogP) is 3.39. The Labute approximate surface area is 141 Å². The maximum atomic E-state index is 12.6. The molecule has 0 aromatic heterocycles. The number of nitrogens with zero attached hydrogens (tertiary/aromatic N) is 1. The molecule has 3 aliphatic rings. The molecule has 130 valence electrons. The van der Waals surface area contributed by atoms with Gasteiger partial charge < -0.3 is 23.8 Å². The Morgan fingerprint density at radius 2 is 2.12 bits per heavy atom. The van der Waals surface area contributed by atoms with Crippen LogP contribution >= 0.6 is 0 Å². The van der Waals surface area contributed by atoms with Crippen molar-refractivity contribution in [3.63, 3.8) is 0 Å². The summed E-state index contributed by atoms with van der Waals surface area (Å²) in [5.74, 6) is 1.53. The second-order valence-corrected chi connectivity index (χ2v) is 7.49. The lowest BCUT2D eigenvalue weighted by Gasteiger charge is -2.31. The Hall–Kier alpha value is -1.95. The fourth-order valence-electron chi connectivity index (χ4n) is 3.69. The van der Waals surface area contributed by atoms with Gasteiger partial charge in [-0.05, 0) is 45.2 Å². The van der Waals surface area contributed by atoms with Crippen LogP contribution < -0.4 is 9.47 Å². The van der Waals surface area contributed by atoms with E-state index >= 15 is 0 Å². The van der Waals surface area contributed by atoms with Gasteiger partial charge in [0.25, 0.3) is 0 Å². The Bertz CT molecular complexity index is 666. The molecule has 6 nitrogen and oxygen atoms in total. The van der Waals surface area contributed by atoms with Crippen molar-refractivity contribution < 1.29 is 23.7 Å². The Kier molecular flexibility index (Phi) is 3.60. The molecular weight excluding hydrogens is 310 g/mol. The molecule has 1 unspecified atom stereocenters. The van der Waals surface area contributed by atoms with Crippen LogP contribution in [0.25, 0.3) is 0 Å². The average molecular weight is 333 g/mol. The molecular formula is C18H23NO5. The molecule has 2 atom stereocenters. The highest BCUT2D eigenvalue weighted by Crippen LogP contribution is 2.48. The molecule has 1 aromatic carbocycles. The maximum absolute atomic E-state index is 12.6. The van der Waals surface area contributed by atoms with Gasteiger partial charge in [-0.25, -0.2) is 4.79 Å². The minimum Gasteiger partial charge on any atom is -0.454 e. The first-order valence-corrected chi connectivity index (χ1v) is 8.46. The van der Waals surface area contributed by atoms with E-state index in [2.05, 4.69) is 0 Å². The van der Waals surface area contributed by atoms with E-state index in [9.17, 15) is 4.79 Å². The summed E-state index contributed by atoms with van der Waals surface area (Å²) in [5, 5.41) is 0. The molecule has 0 N–H and O–H groups in total. The van der Waals surface area contributed by atoms with E-state index in [1.54, 1.807) is 4.90 Å². The molecule has 0 aliphatic carbocycles. The number of fused-ring (bicyclic) bond motifs is 3. The maximum Gasteiger partial charge on any atom is 0.410 e. The molecule has 0 spiro atoms.